The number of rotatable bonds is 4. The smallest absolute Gasteiger partial charge is 0.322 e. The van der Waals surface area contributed by atoms with Crippen LogP contribution in [0.25, 0.3) is 0 Å². The van der Waals surface area contributed by atoms with Crippen molar-refractivity contribution in [3.05, 3.63) is 35.4 Å². The fourth-order valence-electron chi connectivity index (χ4n) is 2.35. The maximum absolute atomic E-state index is 13.8. The number of carboxylic acids is 1. The molecule has 1 saturated carbocycles. The van der Waals surface area contributed by atoms with Crippen molar-refractivity contribution in [2.24, 2.45) is 0 Å². The van der Waals surface area contributed by atoms with E-state index in [1.54, 1.807) is 0 Å². The molecule has 2 N–H and O–H groups in total. The Bertz CT molecular complexity index is 527. The molecule has 1 fully saturated rings. The first-order valence-electron chi connectivity index (χ1n) is 5.91. The molecule has 1 aromatic carbocycles. The lowest BCUT2D eigenvalue weighted by Gasteiger charge is -2.40. The minimum absolute atomic E-state index is 0.128. The number of nitrogens with one attached hydrogen (secondary N) is 1. The second kappa shape index (κ2) is 4.95. The lowest BCUT2D eigenvalue weighted by Crippen LogP contribution is -2.50. The van der Waals surface area contributed by atoms with Crippen LogP contribution in [0, 0.1) is 11.6 Å². The van der Waals surface area contributed by atoms with Crippen molar-refractivity contribution < 1.29 is 23.5 Å². The fourth-order valence-corrected chi connectivity index (χ4v) is 2.35. The quantitative estimate of drug-likeness (QED) is 0.872. The third-order valence-corrected chi connectivity index (χ3v) is 3.49. The predicted molar refractivity (Wildman–Crippen MR) is 62.5 cm³/mol. The Hall–Kier alpha value is -1.98. The van der Waals surface area contributed by atoms with Crippen molar-refractivity contribution in [1.82, 2.24) is 5.32 Å². The minimum Gasteiger partial charge on any atom is -0.480 e. The summed E-state index contributed by atoms with van der Waals surface area (Å²) in [6.07, 6.45) is 1.61. The van der Waals surface area contributed by atoms with Gasteiger partial charge in [0.05, 0.1) is 5.41 Å². The van der Waals surface area contributed by atoms with Gasteiger partial charge in [0, 0.05) is 11.6 Å². The molecule has 1 amide bonds. The van der Waals surface area contributed by atoms with Crippen molar-refractivity contribution in [3.8, 4) is 0 Å². The number of halogens is 2. The van der Waals surface area contributed by atoms with Crippen LogP contribution in [-0.2, 0) is 15.0 Å². The first-order valence-corrected chi connectivity index (χ1v) is 5.91. The van der Waals surface area contributed by atoms with Crippen LogP contribution in [-0.4, -0.2) is 23.5 Å². The fraction of sp³-hybridized carbons (Fsp3) is 0.385. The SMILES string of the molecule is O=C(O)CNC(=O)C1(c2ccc(F)cc2F)CCC1. The van der Waals surface area contributed by atoms with Crippen LogP contribution in [0.5, 0.6) is 0 Å². The van der Waals surface area contributed by atoms with Gasteiger partial charge in [0.25, 0.3) is 0 Å². The Labute approximate surface area is 108 Å². The van der Waals surface area contributed by atoms with E-state index in [0.29, 0.717) is 12.8 Å². The number of carbonyl (C=O) groups is 2. The van der Waals surface area contributed by atoms with E-state index in [-0.39, 0.29) is 5.56 Å². The molecule has 0 aromatic heterocycles. The number of amides is 1. The molecule has 4 nitrogen and oxygen atoms in total. The summed E-state index contributed by atoms with van der Waals surface area (Å²) in [6, 6.07) is 3.09. The third-order valence-electron chi connectivity index (χ3n) is 3.49. The predicted octanol–water partition coefficient (Wildman–Crippen LogP) is 1.59. The lowest BCUT2D eigenvalue weighted by atomic mass is 9.63. The van der Waals surface area contributed by atoms with E-state index >= 15 is 0 Å². The zero-order valence-electron chi connectivity index (χ0n) is 10.1. The molecule has 1 aromatic rings. The van der Waals surface area contributed by atoms with Crippen LogP contribution in [0.3, 0.4) is 0 Å². The minimum atomic E-state index is -1.16. The molecule has 0 heterocycles. The Balaban J connectivity index is 2.27. The van der Waals surface area contributed by atoms with Crippen LogP contribution < -0.4 is 5.32 Å². The summed E-state index contributed by atoms with van der Waals surface area (Å²) < 4.78 is 26.7. The second-order valence-electron chi connectivity index (χ2n) is 4.64. The Morgan fingerprint density at radius 1 is 1.32 bits per heavy atom. The zero-order valence-corrected chi connectivity index (χ0v) is 10.1. The van der Waals surface area contributed by atoms with Gasteiger partial charge in [-0.05, 0) is 18.9 Å². The van der Waals surface area contributed by atoms with Crippen molar-refractivity contribution in [2.45, 2.75) is 24.7 Å². The highest BCUT2D eigenvalue weighted by Gasteiger charge is 2.47. The molecule has 0 spiro atoms. The standard InChI is InChI=1S/C13H13F2NO3/c14-8-2-3-9(10(15)6-8)13(4-1-5-13)12(19)16-7-11(17)18/h2-3,6H,1,4-5,7H2,(H,16,19)(H,17,18). The number of benzene rings is 1. The average Bonchev–Trinajstić information content (AvgIpc) is 2.27. The van der Waals surface area contributed by atoms with Crippen LogP contribution in [0.1, 0.15) is 24.8 Å². The first kappa shape index (κ1) is 13.5. The van der Waals surface area contributed by atoms with Gasteiger partial charge in [-0.1, -0.05) is 12.5 Å². The lowest BCUT2D eigenvalue weighted by molar-refractivity contribution is -0.139. The van der Waals surface area contributed by atoms with E-state index in [1.807, 2.05) is 0 Å². The Kier molecular flexibility index (Phi) is 3.50. The molecule has 1 aliphatic rings. The monoisotopic (exact) mass is 269 g/mol. The third kappa shape index (κ3) is 2.43. The summed E-state index contributed by atoms with van der Waals surface area (Å²) in [6.45, 7) is -0.511. The molecule has 0 radical (unpaired) electrons. The molecule has 19 heavy (non-hydrogen) atoms. The van der Waals surface area contributed by atoms with Crippen LogP contribution in [0.15, 0.2) is 18.2 Å². The highest BCUT2D eigenvalue weighted by atomic mass is 19.1. The number of carboxylic acid groups (broad SMARTS) is 1. The van der Waals surface area contributed by atoms with Gasteiger partial charge in [0.1, 0.15) is 18.2 Å². The molecule has 0 bridgehead atoms. The van der Waals surface area contributed by atoms with Gasteiger partial charge in [-0.2, -0.15) is 0 Å². The van der Waals surface area contributed by atoms with Gasteiger partial charge in [-0.25, -0.2) is 8.78 Å². The summed E-state index contributed by atoms with van der Waals surface area (Å²) >= 11 is 0. The van der Waals surface area contributed by atoms with E-state index in [9.17, 15) is 18.4 Å². The molecular formula is C13H13F2NO3. The van der Waals surface area contributed by atoms with E-state index in [0.717, 1.165) is 18.6 Å². The van der Waals surface area contributed by atoms with Gasteiger partial charge in [0.15, 0.2) is 0 Å². The van der Waals surface area contributed by atoms with Gasteiger partial charge in [0.2, 0.25) is 5.91 Å². The maximum atomic E-state index is 13.8. The van der Waals surface area contributed by atoms with Crippen molar-refractivity contribution >= 4 is 11.9 Å². The largest absolute Gasteiger partial charge is 0.480 e. The molecule has 0 atom stereocenters. The normalized spacial score (nSPS) is 16.5. The number of hydrogen-bond donors (Lipinski definition) is 2. The molecular weight excluding hydrogens is 256 g/mol. The Morgan fingerprint density at radius 2 is 2.00 bits per heavy atom. The van der Waals surface area contributed by atoms with Crippen LogP contribution >= 0.6 is 0 Å². The van der Waals surface area contributed by atoms with E-state index in [1.165, 1.54) is 6.07 Å². The molecule has 2 rings (SSSR count). The van der Waals surface area contributed by atoms with Crippen molar-refractivity contribution in [1.29, 1.82) is 0 Å². The van der Waals surface area contributed by atoms with E-state index < -0.39 is 35.5 Å². The number of carbonyl (C=O) groups excluding carboxylic acids is 1. The highest BCUT2D eigenvalue weighted by Crippen LogP contribution is 2.45. The van der Waals surface area contributed by atoms with Crippen molar-refractivity contribution in [2.75, 3.05) is 6.54 Å². The molecule has 1 aliphatic carbocycles. The van der Waals surface area contributed by atoms with Gasteiger partial charge in [-0.15, -0.1) is 0 Å². The second-order valence-corrected chi connectivity index (χ2v) is 4.64. The van der Waals surface area contributed by atoms with Gasteiger partial charge >= 0.3 is 5.97 Å². The molecule has 102 valence electrons. The van der Waals surface area contributed by atoms with Crippen LogP contribution in [0.4, 0.5) is 8.78 Å². The number of aliphatic carboxylic acids is 1. The van der Waals surface area contributed by atoms with Crippen molar-refractivity contribution in [3.63, 3.8) is 0 Å². The Morgan fingerprint density at radius 3 is 2.47 bits per heavy atom. The average molecular weight is 269 g/mol. The van der Waals surface area contributed by atoms with Crippen LogP contribution in [0.2, 0.25) is 0 Å². The van der Waals surface area contributed by atoms with E-state index in [4.69, 9.17) is 5.11 Å². The van der Waals surface area contributed by atoms with Gasteiger partial charge < -0.3 is 10.4 Å². The zero-order chi connectivity index (χ0) is 14.0. The molecule has 6 heteroatoms. The molecule has 0 aliphatic heterocycles. The highest BCUT2D eigenvalue weighted by molar-refractivity contribution is 5.91. The maximum Gasteiger partial charge on any atom is 0.322 e. The van der Waals surface area contributed by atoms with Gasteiger partial charge in [-0.3, -0.25) is 9.59 Å². The first-order chi connectivity index (χ1) is 8.95. The van der Waals surface area contributed by atoms with E-state index in [2.05, 4.69) is 5.32 Å². The topological polar surface area (TPSA) is 66.4 Å². The summed E-state index contributed by atoms with van der Waals surface area (Å²) in [5.74, 6) is -3.17. The molecule has 0 unspecified atom stereocenters. The summed E-state index contributed by atoms with van der Waals surface area (Å²) in [7, 11) is 0. The summed E-state index contributed by atoms with van der Waals surface area (Å²) in [5.41, 5.74) is -0.934. The number of hydrogen-bond acceptors (Lipinski definition) is 2. The molecule has 0 saturated heterocycles. The summed E-state index contributed by atoms with van der Waals surface area (Å²) in [5, 5.41) is 10.8. The summed E-state index contributed by atoms with van der Waals surface area (Å²) in [4.78, 5) is 22.5.